The number of unbranched alkanes of at least 4 members (excludes halogenated alkanes) is 1. The van der Waals surface area contributed by atoms with E-state index in [0.29, 0.717) is 18.4 Å². The second-order valence-corrected chi connectivity index (χ2v) is 5.18. The molecule has 1 unspecified atom stereocenters. The fourth-order valence-electron chi connectivity index (χ4n) is 2.24. The molecule has 0 bridgehead atoms. The van der Waals surface area contributed by atoms with Gasteiger partial charge >= 0.3 is 0 Å². The Balaban J connectivity index is 2.26. The van der Waals surface area contributed by atoms with Gasteiger partial charge in [0.25, 0.3) is 5.69 Å². The minimum absolute atomic E-state index is 0.0862. The first-order chi connectivity index (χ1) is 10.2. The highest BCUT2D eigenvalue weighted by atomic mass is 16.6. The number of nitro groups is 1. The van der Waals surface area contributed by atoms with Crippen molar-refractivity contribution >= 4 is 5.69 Å². The van der Waals surface area contributed by atoms with Gasteiger partial charge in [-0.1, -0.05) is 33.1 Å². The number of nitrogens with one attached hydrogen (secondary N) is 1. The number of nitro benzene ring substituents is 1. The van der Waals surface area contributed by atoms with Crippen molar-refractivity contribution < 1.29 is 9.66 Å². The summed E-state index contributed by atoms with van der Waals surface area (Å²) in [6.07, 6.45) is 6.06. The molecular weight excluding hydrogens is 268 g/mol. The highest BCUT2D eigenvalue weighted by molar-refractivity contribution is 5.35. The lowest BCUT2D eigenvalue weighted by Gasteiger charge is -2.18. The molecule has 0 radical (unpaired) electrons. The van der Waals surface area contributed by atoms with E-state index in [1.54, 1.807) is 12.1 Å². The van der Waals surface area contributed by atoms with E-state index in [4.69, 9.17) is 4.74 Å². The number of benzene rings is 1. The predicted octanol–water partition coefficient (Wildman–Crippen LogP) is 3.92. The monoisotopic (exact) mass is 294 g/mol. The quantitative estimate of drug-likeness (QED) is 0.381. The van der Waals surface area contributed by atoms with Crippen molar-refractivity contribution in [2.45, 2.75) is 52.0 Å². The molecule has 1 rings (SSSR count). The second-order valence-electron chi connectivity index (χ2n) is 5.18. The summed E-state index contributed by atoms with van der Waals surface area (Å²) in [5, 5.41) is 14.1. The van der Waals surface area contributed by atoms with Crippen molar-refractivity contribution in [3.05, 3.63) is 34.4 Å². The van der Waals surface area contributed by atoms with E-state index >= 15 is 0 Å². The number of nitrogens with zero attached hydrogens (tertiary/aromatic N) is 1. The summed E-state index contributed by atoms with van der Waals surface area (Å²) < 4.78 is 5.59. The van der Waals surface area contributed by atoms with Crippen molar-refractivity contribution in [2.75, 3.05) is 13.2 Å². The number of hydrogen-bond donors (Lipinski definition) is 1. The van der Waals surface area contributed by atoms with E-state index in [1.807, 2.05) is 0 Å². The molecule has 21 heavy (non-hydrogen) atoms. The van der Waals surface area contributed by atoms with Gasteiger partial charge in [-0.3, -0.25) is 10.1 Å². The van der Waals surface area contributed by atoms with Crippen molar-refractivity contribution in [3.63, 3.8) is 0 Å². The van der Waals surface area contributed by atoms with Crippen molar-refractivity contribution in [1.82, 2.24) is 5.32 Å². The summed E-state index contributed by atoms with van der Waals surface area (Å²) in [5.41, 5.74) is 0.0862. The van der Waals surface area contributed by atoms with Gasteiger partial charge in [0, 0.05) is 24.7 Å². The van der Waals surface area contributed by atoms with E-state index in [0.717, 1.165) is 6.54 Å². The smallest absolute Gasteiger partial charge is 0.269 e. The Morgan fingerprint density at radius 3 is 2.48 bits per heavy atom. The molecule has 0 spiro atoms. The van der Waals surface area contributed by atoms with Crippen LogP contribution in [0.15, 0.2) is 24.3 Å². The molecule has 0 fully saturated rings. The van der Waals surface area contributed by atoms with Crippen molar-refractivity contribution in [1.29, 1.82) is 0 Å². The fourth-order valence-corrected chi connectivity index (χ4v) is 2.24. The van der Waals surface area contributed by atoms with Gasteiger partial charge < -0.3 is 10.1 Å². The molecule has 1 atom stereocenters. The van der Waals surface area contributed by atoms with Crippen LogP contribution < -0.4 is 10.1 Å². The van der Waals surface area contributed by atoms with Crippen LogP contribution in [0.2, 0.25) is 0 Å². The van der Waals surface area contributed by atoms with Gasteiger partial charge in [-0.05, 0) is 25.0 Å². The Hall–Kier alpha value is -1.62. The highest BCUT2D eigenvalue weighted by Gasteiger charge is 2.07. The molecule has 1 aromatic carbocycles. The van der Waals surface area contributed by atoms with Gasteiger partial charge in [-0.2, -0.15) is 0 Å². The zero-order chi connectivity index (χ0) is 15.5. The van der Waals surface area contributed by atoms with Crippen LogP contribution in [-0.4, -0.2) is 24.1 Å². The summed E-state index contributed by atoms with van der Waals surface area (Å²) in [4.78, 5) is 10.1. The summed E-state index contributed by atoms with van der Waals surface area (Å²) in [6.45, 7) is 5.78. The molecule has 0 aliphatic rings. The minimum atomic E-state index is -0.408. The van der Waals surface area contributed by atoms with Gasteiger partial charge in [-0.25, -0.2) is 0 Å². The molecule has 1 aromatic rings. The van der Waals surface area contributed by atoms with Gasteiger partial charge in [0.2, 0.25) is 0 Å². The average Bonchev–Trinajstić information content (AvgIpc) is 2.49. The van der Waals surface area contributed by atoms with Crippen LogP contribution >= 0.6 is 0 Å². The molecule has 0 saturated carbocycles. The summed E-state index contributed by atoms with van der Waals surface area (Å²) >= 11 is 0. The largest absolute Gasteiger partial charge is 0.492 e. The second kappa shape index (κ2) is 10.2. The van der Waals surface area contributed by atoms with Crippen molar-refractivity contribution in [2.24, 2.45) is 0 Å². The van der Waals surface area contributed by atoms with Crippen LogP contribution in [0, 0.1) is 10.1 Å². The summed E-state index contributed by atoms with van der Waals surface area (Å²) in [7, 11) is 0. The van der Waals surface area contributed by atoms with Crippen LogP contribution in [0.3, 0.4) is 0 Å². The first-order valence-corrected chi connectivity index (χ1v) is 7.78. The molecule has 5 heteroatoms. The third-order valence-electron chi connectivity index (χ3n) is 3.39. The maximum atomic E-state index is 10.6. The third-order valence-corrected chi connectivity index (χ3v) is 3.39. The number of non-ortho nitro benzene ring substituents is 1. The Morgan fingerprint density at radius 1 is 1.19 bits per heavy atom. The van der Waals surface area contributed by atoms with Gasteiger partial charge in [0.05, 0.1) is 4.92 Å². The van der Waals surface area contributed by atoms with Crippen molar-refractivity contribution in [3.8, 4) is 5.75 Å². The van der Waals surface area contributed by atoms with Crippen LogP contribution in [0.5, 0.6) is 5.75 Å². The maximum absolute atomic E-state index is 10.6. The lowest BCUT2D eigenvalue weighted by atomic mass is 10.1. The van der Waals surface area contributed by atoms with Crippen LogP contribution in [-0.2, 0) is 0 Å². The Labute approximate surface area is 126 Å². The van der Waals surface area contributed by atoms with Gasteiger partial charge in [0.1, 0.15) is 12.4 Å². The highest BCUT2D eigenvalue weighted by Crippen LogP contribution is 2.17. The average molecular weight is 294 g/mol. The molecular formula is C16H26N2O3. The minimum Gasteiger partial charge on any atom is -0.492 e. The standard InChI is InChI=1S/C16H26N2O3/c1-3-5-7-14(6-4-2)17-12-13-21-16-10-8-15(9-11-16)18(19)20/h8-11,14,17H,3-7,12-13H2,1-2H3. The zero-order valence-corrected chi connectivity index (χ0v) is 13.0. The van der Waals surface area contributed by atoms with Gasteiger partial charge in [0.15, 0.2) is 0 Å². The molecule has 1 N–H and O–H groups in total. The summed E-state index contributed by atoms with van der Waals surface area (Å²) in [5.74, 6) is 0.669. The lowest BCUT2D eigenvalue weighted by molar-refractivity contribution is -0.384. The molecule has 0 saturated heterocycles. The molecule has 5 nitrogen and oxygen atoms in total. The van der Waals surface area contributed by atoms with E-state index in [-0.39, 0.29) is 5.69 Å². The normalized spacial score (nSPS) is 12.1. The molecule has 0 aliphatic heterocycles. The number of rotatable bonds is 11. The van der Waals surface area contributed by atoms with E-state index in [9.17, 15) is 10.1 Å². The molecule has 0 heterocycles. The zero-order valence-electron chi connectivity index (χ0n) is 13.0. The van der Waals surface area contributed by atoms with E-state index in [1.165, 1.54) is 44.2 Å². The first kappa shape index (κ1) is 17.4. The summed E-state index contributed by atoms with van der Waals surface area (Å²) in [6, 6.07) is 6.76. The predicted molar refractivity (Wildman–Crippen MR) is 84.8 cm³/mol. The Kier molecular flexibility index (Phi) is 8.43. The molecule has 118 valence electrons. The Morgan fingerprint density at radius 2 is 1.90 bits per heavy atom. The van der Waals surface area contributed by atoms with E-state index < -0.39 is 4.92 Å². The SMILES string of the molecule is CCCCC(CCC)NCCOc1ccc([N+](=O)[O-])cc1. The number of hydrogen-bond acceptors (Lipinski definition) is 4. The van der Waals surface area contributed by atoms with Crippen LogP contribution in [0.4, 0.5) is 5.69 Å². The third kappa shape index (κ3) is 7.09. The van der Waals surface area contributed by atoms with Crippen LogP contribution in [0.1, 0.15) is 46.0 Å². The van der Waals surface area contributed by atoms with Crippen LogP contribution in [0.25, 0.3) is 0 Å². The molecule has 0 amide bonds. The maximum Gasteiger partial charge on any atom is 0.269 e. The molecule has 0 aliphatic carbocycles. The Bertz CT molecular complexity index is 406. The first-order valence-electron chi connectivity index (χ1n) is 7.78. The molecule has 0 aromatic heterocycles. The fraction of sp³-hybridized carbons (Fsp3) is 0.625. The topological polar surface area (TPSA) is 64.4 Å². The van der Waals surface area contributed by atoms with Gasteiger partial charge in [-0.15, -0.1) is 0 Å². The lowest BCUT2D eigenvalue weighted by Crippen LogP contribution is -2.32. The van der Waals surface area contributed by atoms with E-state index in [2.05, 4.69) is 19.2 Å². The number of ether oxygens (including phenoxy) is 1.